The number of ether oxygens (including phenoxy) is 1. The predicted octanol–water partition coefficient (Wildman–Crippen LogP) is 4.92. The lowest BCUT2D eigenvalue weighted by atomic mass is 9.45. The van der Waals surface area contributed by atoms with E-state index in [0.29, 0.717) is 16.7 Å². The van der Waals surface area contributed by atoms with E-state index in [1.54, 1.807) is 6.92 Å². The smallest absolute Gasteiger partial charge is 0.303 e. The van der Waals surface area contributed by atoms with Crippen molar-refractivity contribution in [1.82, 2.24) is 0 Å². The van der Waals surface area contributed by atoms with Crippen LogP contribution in [0.5, 0.6) is 0 Å². The van der Waals surface area contributed by atoms with Gasteiger partial charge in [-0.1, -0.05) is 13.8 Å². The third-order valence-corrected chi connectivity index (χ3v) is 10.6. The third kappa shape index (κ3) is 1.72. The first-order valence-corrected chi connectivity index (χ1v) is 10.9. The molecule has 5 fully saturated rings. The lowest BCUT2D eigenvalue weighted by molar-refractivity contribution is -0.190. The zero-order valence-electron chi connectivity index (χ0n) is 16.9. The van der Waals surface area contributed by atoms with E-state index in [0.717, 1.165) is 37.0 Å². The topological polar surface area (TPSA) is 43.4 Å². The number of esters is 1. The summed E-state index contributed by atoms with van der Waals surface area (Å²) in [7, 11) is 0. The van der Waals surface area contributed by atoms with E-state index in [-0.39, 0.29) is 17.2 Å². The highest BCUT2D eigenvalue weighted by atomic mass is 16.6. The van der Waals surface area contributed by atoms with Gasteiger partial charge in [0, 0.05) is 12.3 Å². The standard InChI is InChI=1S/C23H34O3/c1-14(24)23(26-15(2)25)12-8-19-17-6-11-22-13-16(22)5-9-20(22,3)18(17)7-10-21(19,23)4/h16-19H,5-13H2,1-4H3/t16-,17-,18-,19-,20-,21-,22+,23+/m1/s1. The number of ketones is 1. The number of carbonyl (C=O) groups is 2. The molecule has 0 aromatic rings. The molecule has 0 N–H and O–H groups in total. The second-order valence-electron chi connectivity index (χ2n) is 10.9. The van der Waals surface area contributed by atoms with E-state index in [9.17, 15) is 9.59 Å². The fourth-order valence-corrected chi connectivity index (χ4v) is 9.29. The van der Waals surface area contributed by atoms with Crippen molar-refractivity contribution >= 4 is 11.8 Å². The molecule has 0 amide bonds. The van der Waals surface area contributed by atoms with Gasteiger partial charge in [-0.3, -0.25) is 9.59 Å². The first kappa shape index (κ1) is 17.3. The first-order chi connectivity index (χ1) is 12.2. The van der Waals surface area contributed by atoms with Crippen molar-refractivity contribution in [2.75, 3.05) is 0 Å². The lowest BCUT2D eigenvalue weighted by Crippen LogP contribution is -2.59. The molecule has 5 rings (SSSR count). The van der Waals surface area contributed by atoms with E-state index >= 15 is 0 Å². The van der Waals surface area contributed by atoms with Gasteiger partial charge in [0.1, 0.15) is 0 Å². The molecule has 144 valence electrons. The summed E-state index contributed by atoms with van der Waals surface area (Å²) in [6.07, 6.45) is 11.2. The van der Waals surface area contributed by atoms with Crippen LogP contribution < -0.4 is 0 Å². The van der Waals surface area contributed by atoms with Crippen molar-refractivity contribution in [2.24, 2.45) is 39.9 Å². The van der Waals surface area contributed by atoms with Gasteiger partial charge in [-0.25, -0.2) is 0 Å². The maximum Gasteiger partial charge on any atom is 0.303 e. The monoisotopic (exact) mass is 358 g/mol. The number of hydrogen-bond acceptors (Lipinski definition) is 3. The van der Waals surface area contributed by atoms with Crippen molar-refractivity contribution in [2.45, 2.75) is 91.1 Å². The molecule has 0 aliphatic heterocycles. The predicted molar refractivity (Wildman–Crippen MR) is 99.3 cm³/mol. The van der Waals surface area contributed by atoms with Crippen molar-refractivity contribution in [3.63, 3.8) is 0 Å². The highest BCUT2D eigenvalue weighted by molar-refractivity contribution is 5.89. The Morgan fingerprint density at radius 1 is 0.846 bits per heavy atom. The molecule has 3 nitrogen and oxygen atoms in total. The molecule has 3 heteroatoms. The first-order valence-electron chi connectivity index (χ1n) is 10.9. The van der Waals surface area contributed by atoms with Gasteiger partial charge in [-0.05, 0) is 99.2 Å². The molecule has 0 heterocycles. The summed E-state index contributed by atoms with van der Waals surface area (Å²) in [6.45, 7) is 7.99. The average molecular weight is 359 g/mol. The Hall–Kier alpha value is -0.860. The highest BCUT2D eigenvalue weighted by Crippen LogP contribution is 2.82. The fourth-order valence-electron chi connectivity index (χ4n) is 9.29. The van der Waals surface area contributed by atoms with Crippen LogP contribution in [0, 0.1) is 39.9 Å². The molecule has 0 saturated heterocycles. The van der Waals surface area contributed by atoms with Gasteiger partial charge in [-0.2, -0.15) is 0 Å². The quantitative estimate of drug-likeness (QED) is 0.658. The van der Waals surface area contributed by atoms with Gasteiger partial charge in [0.15, 0.2) is 11.4 Å². The zero-order valence-corrected chi connectivity index (χ0v) is 16.9. The Bertz CT molecular complexity index is 685. The molecule has 1 spiro atoms. The molecule has 0 unspecified atom stereocenters. The van der Waals surface area contributed by atoms with Crippen LogP contribution >= 0.6 is 0 Å². The Morgan fingerprint density at radius 3 is 2.15 bits per heavy atom. The maximum atomic E-state index is 12.7. The summed E-state index contributed by atoms with van der Waals surface area (Å²) in [5.74, 6) is 2.87. The molecule has 5 aliphatic carbocycles. The number of rotatable bonds is 2. The minimum Gasteiger partial charge on any atom is -0.451 e. The van der Waals surface area contributed by atoms with Crippen LogP contribution in [0.15, 0.2) is 0 Å². The van der Waals surface area contributed by atoms with Crippen LogP contribution in [-0.4, -0.2) is 17.4 Å². The Labute approximate surface area is 157 Å². The minimum atomic E-state index is -0.873. The Balaban J connectivity index is 1.51. The second kappa shape index (κ2) is 4.94. The maximum absolute atomic E-state index is 12.7. The van der Waals surface area contributed by atoms with Crippen LogP contribution in [0.2, 0.25) is 0 Å². The van der Waals surface area contributed by atoms with Crippen LogP contribution in [0.4, 0.5) is 0 Å². The zero-order chi connectivity index (χ0) is 18.5. The van der Waals surface area contributed by atoms with Gasteiger partial charge < -0.3 is 4.74 Å². The van der Waals surface area contributed by atoms with Gasteiger partial charge in [0.05, 0.1) is 0 Å². The van der Waals surface area contributed by atoms with Crippen LogP contribution in [0.25, 0.3) is 0 Å². The van der Waals surface area contributed by atoms with Gasteiger partial charge >= 0.3 is 5.97 Å². The molecule has 0 radical (unpaired) electrons. The van der Waals surface area contributed by atoms with Gasteiger partial charge in [0.25, 0.3) is 0 Å². The molecule has 26 heavy (non-hydrogen) atoms. The third-order valence-electron chi connectivity index (χ3n) is 10.6. The Morgan fingerprint density at radius 2 is 1.50 bits per heavy atom. The summed E-state index contributed by atoms with van der Waals surface area (Å²) in [5.41, 5.74) is 0.162. The molecular weight excluding hydrogens is 324 g/mol. The number of carbonyl (C=O) groups excluding carboxylic acids is 2. The van der Waals surface area contributed by atoms with E-state index in [1.165, 1.54) is 45.4 Å². The normalized spacial score (nSPS) is 56.8. The van der Waals surface area contributed by atoms with Gasteiger partial charge in [-0.15, -0.1) is 0 Å². The minimum absolute atomic E-state index is 0.0674. The molecule has 8 atom stereocenters. The van der Waals surface area contributed by atoms with E-state index in [1.807, 2.05) is 0 Å². The van der Waals surface area contributed by atoms with Crippen LogP contribution in [-0.2, 0) is 14.3 Å². The fraction of sp³-hybridized carbons (Fsp3) is 0.913. The second-order valence-corrected chi connectivity index (χ2v) is 10.9. The molecule has 0 aromatic heterocycles. The number of hydrogen-bond donors (Lipinski definition) is 0. The van der Waals surface area contributed by atoms with E-state index in [4.69, 9.17) is 4.74 Å². The van der Waals surface area contributed by atoms with E-state index in [2.05, 4.69) is 13.8 Å². The summed E-state index contributed by atoms with van der Waals surface area (Å²) < 4.78 is 5.86. The van der Waals surface area contributed by atoms with Gasteiger partial charge in [0.2, 0.25) is 0 Å². The molecule has 5 aliphatic rings. The number of fused-ring (bicyclic) bond motifs is 4. The molecular formula is C23H34O3. The van der Waals surface area contributed by atoms with Crippen molar-refractivity contribution in [1.29, 1.82) is 0 Å². The summed E-state index contributed by atoms with van der Waals surface area (Å²) >= 11 is 0. The molecule has 0 aromatic carbocycles. The van der Waals surface area contributed by atoms with Crippen molar-refractivity contribution in [3.8, 4) is 0 Å². The average Bonchev–Trinajstić information content (AvgIpc) is 3.10. The lowest BCUT2D eigenvalue weighted by Gasteiger charge is -2.59. The molecule has 5 saturated carbocycles. The Kier molecular flexibility index (Phi) is 3.28. The SMILES string of the molecule is CC(=O)O[C@]1(C(C)=O)CC[C@@H]2[C@@H]3CC[C@]45C[C@H]4CC[C@]5(C)[C@@H]3CC[C@]21C. The highest BCUT2D eigenvalue weighted by Gasteiger charge is 2.75. The van der Waals surface area contributed by atoms with Crippen molar-refractivity contribution in [3.05, 3.63) is 0 Å². The number of Topliss-reactive ketones (excluding diaryl/α,β-unsaturated/α-hetero) is 1. The largest absolute Gasteiger partial charge is 0.451 e. The van der Waals surface area contributed by atoms with Crippen LogP contribution in [0.1, 0.15) is 85.5 Å². The summed E-state index contributed by atoms with van der Waals surface area (Å²) in [6, 6.07) is 0. The van der Waals surface area contributed by atoms with Crippen molar-refractivity contribution < 1.29 is 14.3 Å². The summed E-state index contributed by atoms with van der Waals surface area (Å²) in [4.78, 5) is 24.6. The molecule has 0 bridgehead atoms. The van der Waals surface area contributed by atoms with E-state index < -0.39 is 5.60 Å². The summed E-state index contributed by atoms with van der Waals surface area (Å²) in [5, 5.41) is 0. The van der Waals surface area contributed by atoms with Crippen LogP contribution in [0.3, 0.4) is 0 Å².